The maximum atomic E-state index is 13.1. The van der Waals surface area contributed by atoms with E-state index in [1.165, 1.54) is 18.2 Å². The number of allylic oxidation sites excluding steroid dienone is 1. The zero-order chi connectivity index (χ0) is 17.7. The molecule has 1 aliphatic heterocycles. The summed E-state index contributed by atoms with van der Waals surface area (Å²) in [6.45, 7) is 7.45. The van der Waals surface area contributed by atoms with Crippen LogP contribution in [-0.2, 0) is 19.6 Å². The van der Waals surface area contributed by atoms with Crippen LogP contribution in [0.15, 0.2) is 53.5 Å². The lowest BCUT2D eigenvalue weighted by molar-refractivity contribution is -0.123. The first-order valence-corrected chi connectivity index (χ1v) is 9.25. The second-order valence-corrected chi connectivity index (χ2v) is 8.10. The molecule has 126 valence electrons. The quantitative estimate of drug-likeness (QED) is 0.789. The van der Waals surface area contributed by atoms with Crippen LogP contribution in [0.4, 0.5) is 0 Å². The Balaban J connectivity index is 2.20. The summed E-state index contributed by atoms with van der Waals surface area (Å²) in [6, 6.07) is 6.38. The molecule has 1 fully saturated rings. The Morgan fingerprint density at radius 1 is 1.25 bits per heavy atom. The van der Waals surface area contributed by atoms with Crippen molar-refractivity contribution in [2.45, 2.75) is 37.1 Å². The van der Waals surface area contributed by atoms with Gasteiger partial charge < -0.3 is 0 Å². The van der Waals surface area contributed by atoms with Gasteiger partial charge in [-0.2, -0.15) is 0 Å². The highest BCUT2D eigenvalue weighted by molar-refractivity contribution is 7.89. The van der Waals surface area contributed by atoms with Crippen LogP contribution < -0.4 is 0 Å². The second-order valence-electron chi connectivity index (χ2n) is 6.31. The number of carbonyl (C=O) groups is 2. The van der Waals surface area contributed by atoms with E-state index in [4.69, 9.17) is 0 Å². The summed E-state index contributed by atoms with van der Waals surface area (Å²) in [5.41, 5.74) is 0.0637. The number of rotatable bonds is 3. The van der Waals surface area contributed by atoms with Gasteiger partial charge in [-0.1, -0.05) is 37.3 Å². The van der Waals surface area contributed by atoms with Crippen LogP contribution in [0.5, 0.6) is 0 Å². The summed E-state index contributed by atoms with van der Waals surface area (Å²) in [4.78, 5) is 24.6. The highest BCUT2D eigenvalue weighted by Gasteiger charge is 2.59. The minimum Gasteiger partial charge on any atom is -0.295 e. The van der Waals surface area contributed by atoms with Crippen LogP contribution in [0.1, 0.15) is 25.3 Å². The zero-order valence-electron chi connectivity index (χ0n) is 13.7. The largest absolute Gasteiger partial charge is 0.295 e. The maximum absolute atomic E-state index is 13.1. The molecular formula is C18H19NO4S. The Morgan fingerprint density at radius 2 is 1.88 bits per heavy atom. The van der Waals surface area contributed by atoms with E-state index in [9.17, 15) is 18.0 Å². The van der Waals surface area contributed by atoms with Gasteiger partial charge in [-0.25, -0.2) is 12.7 Å². The van der Waals surface area contributed by atoms with Crippen LogP contribution >= 0.6 is 0 Å². The topological polar surface area (TPSA) is 71.5 Å². The normalized spacial score (nSPS) is 26.8. The summed E-state index contributed by atoms with van der Waals surface area (Å²) in [5, 5.41) is 0. The zero-order valence-corrected chi connectivity index (χ0v) is 14.5. The van der Waals surface area contributed by atoms with Gasteiger partial charge in [0.1, 0.15) is 0 Å². The maximum Gasteiger partial charge on any atom is 0.267 e. The Morgan fingerprint density at radius 3 is 2.46 bits per heavy atom. The van der Waals surface area contributed by atoms with Gasteiger partial charge in [0.05, 0.1) is 10.4 Å². The van der Waals surface area contributed by atoms with Crippen molar-refractivity contribution >= 4 is 21.7 Å². The van der Waals surface area contributed by atoms with E-state index >= 15 is 0 Å². The molecule has 2 aliphatic rings. The molecule has 6 heteroatoms. The first kappa shape index (κ1) is 16.6. The molecule has 1 aromatic carbocycles. The molecule has 5 nitrogen and oxygen atoms in total. The molecule has 1 amide bonds. The van der Waals surface area contributed by atoms with E-state index in [-0.39, 0.29) is 22.7 Å². The molecule has 0 bridgehead atoms. The third-order valence-electron chi connectivity index (χ3n) is 4.95. The molecular weight excluding hydrogens is 326 g/mol. The molecule has 0 N–H and O–H groups in total. The molecule has 3 rings (SSSR count). The van der Waals surface area contributed by atoms with Crippen LogP contribution in [0.2, 0.25) is 0 Å². The van der Waals surface area contributed by atoms with Crippen molar-refractivity contribution in [2.24, 2.45) is 5.92 Å². The predicted molar refractivity (Wildman–Crippen MR) is 89.6 cm³/mol. The van der Waals surface area contributed by atoms with Crippen molar-refractivity contribution in [3.05, 3.63) is 54.1 Å². The monoisotopic (exact) mass is 345 g/mol. The van der Waals surface area contributed by atoms with Crippen LogP contribution in [0.3, 0.4) is 0 Å². The molecule has 1 heterocycles. The Bertz CT molecular complexity index is 867. The molecule has 0 radical (unpaired) electrons. The summed E-state index contributed by atoms with van der Waals surface area (Å²) in [7, 11) is -4.04. The lowest BCUT2D eigenvalue weighted by Crippen LogP contribution is -2.51. The van der Waals surface area contributed by atoms with Crippen molar-refractivity contribution in [2.75, 3.05) is 0 Å². The van der Waals surface area contributed by atoms with Crippen molar-refractivity contribution < 1.29 is 18.0 Å². The second kappa shape index (κ2) is 5.41. The minimum absolute atomic E-state index is 0.0630. The van der Waals surface area contributed by atoms with Gasteiger partial charge >= 0.3 is 0 Å². The molecule has 1 aliphatic carbocycles. The van der Waals surface area contributed by atoms with Crippen molar-refractivity contribution in [3.63, 3.8) is 0 Å². The Labute approximate surface area is 141 Å². The van der Waals surface area contributed by atoms with Gasteiger partial charge in [0.2, 0.25) is 0 Å². The van der Waals surface area contributed by atoms with E-state index in [1.807, 2.05) is 13.8 Å². The third-order valence-corrected chi connectivity index (χ3v) is 6.80. The van der Waals surface area contributed by atoms with Gasteiger partial charge in [-0.3, -0.25) is 9.59 Å². The van der Waals surface area contributed by atoms with Gasteiger partial charge in [-0.05, 0) is 31.6 Å². The lowest BCUT2D eigenvalue weighted by atomic mass is 9.75. The number of sulfonamides is 1. The highest BCUT2D eigenvalue weighted by atomic mass is 32.2. The number of aryl methyl sites for hydroxylation is 1. The van der Waals surface area contributed by atoms with Gasteiger partial charge in [0.25, 0.3) is 15.9 Å². The number of amides is 1. The van der Waals surface area contributed by atoms with E-state index in [2.05, 4.69) is 6.58 Å². The van der Waals surface area contributed by atoms with Crippen LogP contribution in [0, 0.1) is 12.8 Å². The van der Waals surface area contributed by atoms with E-state index < -0.39 is 27.4 Å². The van der Waals surface area contributed by atoms with E-state index in [0.29, 0.717) is 6.42 Å². The van der Waals surface area contributed by atoms with Crippen molar-refractivity contribution in [3.8, 4) is 0 Å². The summed E-state index contributed by atoms with van der Waals surface area (Å²) in [5.74, 6) is -1.25. The fraction of sp³-hybridized carbons (Fsp3) is 0.333. The van der Waals surface area contributed by atoms with Gasteiger partial charge in [-0.15, -0.1) is 0 Å². The predicted octanol–water partition coefficient (Wildman–Crippen LogP) is 2.38. The standard InChI is InChI=1S/C18H19NO4S/c1-4-18-10-9-14(20)11-16(18)13(3)17(21)19(18)24(22,23)15-7-5-12(2)6-8-15/h5-10,16H,3-4,11H2,1-2H3/t16?,18-/m1/s1. The molecule has 1 unspecified atom stereocenters. The number of hydrogen-bond acceptors (Lipinski definition) is 4. The summed E-state index contributed by atoms with van der Waals surface area (Å²) >= 11 is 0. The highest BCUT2D eigenvalue weighted by Crippen LogP contribution is 2.48. The van der Waals surface area contributed by atoms with Gasteiger partial charge in [0, 0.05) is 17.9 Å². The number of nitrogens with zero attached hydrogens (tertiary/aromatic N) is 1. The lowest BCUT2D eigenvalue weighted by Gasteiger charge is -2.39. The summed E-state index contributed by atoms with van der Waals surface area (Å²) in [6.07, 6.45) is 3.43. The number of carbonyl (C=O) groups excluding carboxylic acids is 2. The number of hydrogen-bond donors (Lipinski definition) is 0. The van der Waals surface area contributed by atoms with Crippen molar-refractivity contribution in [1.82, 2.24) is 4.31 Å². The average Bonchev–Trinajstić information content (AvgIpc) is 2.77. The molecule has 0 spiro atoms. The van der Waals surface area contributed by atoms with Crippen LogP contribution in [-0.4, -0.2) is 30.0 Å². The number of fused-ring (bicyclic) bond motifs is 1. The third kappa shape index (κ3) is 2.17. The molecule has 0 aromatic heterocycles. The molecule has 0 saturated carbocycles. The number of ketones is 1. The fourth-order valence-electron chi connectivity index (χ4n) is 3.56. The molecule has 1 saturated heterocycles. The fourth-order valence-corrected chi connectivity index (χ4v) is 5.35. The molecule has 2 atom stereocenters. The molecule has 1 aromatic rings. The van der Waals surface area contributed by atoms with E-state index in [0.717, 1.165) is 9.87 Å². The number of benzene rings is 1. The first-order chi connectivity index (χ1) is 11.2. The minimum atomic E-state index is -4.04. The average molecular weight is 345 g/mol. The summed E-state index contributed by atoms with van der Waals surface area (Å²) < 4.78 is 27.2. The first-order valence-electron chi connectivity index (χ1n) is 7.81. The smallest absolute Gasteiger partial charge is 0.267 e. The van der Waals surface area contributed by atoms with Crippen LogP contribution in [0.25, 0.3) is 0 Å². The van der Waals surface area contributed by atoms with E-state index in [1.54, 1.807) is 18.2 Å². The van der Waals surface area contributed by atoms with Crippen molar-refractivity contribution in [1.29, 1.82) is 0 Å². The molecule has 24 heavy (non-hydrogen) atoms. The Kier molecular flexibility index (Phi) is 3.75. The SMILES string of the molecule is C=C1C(=O)N(S(=O)(=O)c2ccc(C)cc2)[C@]2(CC)C=CC(=O)CC12. The Hall–Kier alpha value is -2.21. The van der Waals surface area contributed by atoms with Gasteiger partial charge in [0.15, 0.2) is 5.78 Å².